The van der Waals surface area contributed by atoms with Crippen molar-refractivity contribution in [2.75, 3.05) is 19.7 Å². The van der Waals surface area contributed by atoms with Gasteiger partial charge in [-0.25, -0.2) is 0 Å². The molecule has 1 saturated heterocycles. The first-order valence-electron chi connectivity index (χ1n) is 20.1. The molecule has 0 bridgehead atoms. The van der Waals surface area contributed by atoms with Crippen LogP contribution >= 0.6 is 0 Å². The molecule has 1 aliphatic heterocycles. The lowest BCUT2D eigenvalue weighted by atomic mass is 9.33. The van der Waals surface area contributed by atoms with Crippen molar-refractivity contribution in [2.45, 2.75) is 125 Å². The van der Waals surface area contributed by atoms with Crippen molar-refractivity contribution in [3.05, 3.63) is 47.5 Å². The molecule has 1 N–H and O–H groups in total. The van der Waals surface area contributed by atoms with Crippen molar-refractivity contribution >= 4 is 23.7 Å². The smallest absolute Gasteiger partial charge is 0.314 e. The summed E-state index contributed by atoms with van der Waals surface area (Å²) in [6.07, 6.45) is 9.98. The summed E-state index contributed by atoms with van der Waals surface area (Å²) in [6, 6.07) is 9.68. The fourth-order valence-electron chi connectivity index (χ4n) is 13.3. The Balaban J connectivity index is 1.26. The highest BCUT2D eigenvalue weighted by atomic mass is 16.5. The average molecular weight is 716 g/mol. The quantitative estimate of drug-likeness (QED) is 0.283. The van der Waals surface area contributed by atoms with Crippen LogP contribution in [0.25, 0.3) is 0 Å². The van der Waals surface area contributed by atoms with Crippen molar-refractivity contribution in [3.63, 3.8) is 0 Å². The molecular formula is C44H61NO7. The minimum Gasteiger partial charge on any atom is -0.481 e. The predicted molar refractivity (Wildman–Crippen MR) is 198 cm³/mol. The van der Waals surface area contributed by atoms with Crippen LogP contribution in [-0.4, -0.2) is 59.4 Å². The normalized spacial score (nSPS) is 44.3. The van der Waals surface area contributed by atoms with Gasteiger partial charge in [-0.15, -0.1) is 0 Å². The number of ether oxygens (including phenoxy) is 2. The van der Waals surface area contributed by atoms with Crippen LogP contribution in [0.5, 0.6) is 0 Å². The van der Waals surface area contributed by atoms with E-state index in [1.54, 1.807) is 0 Å². The van der Waals surface area contributed by atoms with Gasteiger partial charge in [0.25, 0.3) is 0 Å². The maximum Gasteiger partial charge on any atom is 0.314 e. The summed E-state index contributed by atoms with van der Waals surface area (Å²) in [6.45, 7) is 17.0. The van der Waals surface area contributed by atoms with Gasteiger partial charge in [-0.05, 0) is 137 Å². The molecule has 0 aromatic heterocycles. The number of aliphatic carboxylic acids is 1. The maximum absolute atomic E-state index is 15.0. The van der Waals surface area contributed by atoms with Crippen LogP contribution in [0.2, 0.25) is 0 Å². The Hall–Kier alpha value is -3.00. The Morgan fingerprint density at radius 1 is 0.885 bits per heavy atom. The number of rotatable bonds is 7. The van der Waals surface area contributed by atoms with E-state index >= 15 is 4.79 Å². The summed E-state index contributed by atoms with van der Waals surface area (Å²) in [5.41, 5.74) is -0.596. The molecule has 52 heavy (non-hydrogen) atoms. The van der Waals surface area contributed by atoms with Gasteiger partial charge in [0.15, 0.2) is 5.78 Å². The number of benzene rings is 1. The molecule has 7 rings (SSSR count). The summed E-state index contributed by atoms with van der Waals surface area (Å²) in [5.74, 6) is -1.46. The molecule has 284 valence electrons. The zero-order valence-corrected chi connectivity index (χ0v) is 32.6. The van der Waals surface area contributed by atoms with E-state index in [0.717, 1.165) is 57.1 Å². The average Bonchev–Trinajstić information content (AvgIpc) is 3.59. The van der Waals surface area contributed by atoms with Gasteiger partial charge in [0.1, 0.15) is 6.61 Å². The number of carbonyl (C=O) groups excluding carboxylic acids is 3. The molecule has 8 heteroatoms. The molecule has 0 radical (unpaired) electrons. The number of carboxylic acid groups (broad SMARTS) is 1. The Bertz CT molecular complexity index is 1660. The number of ketones is 1. The van der Waals surface area contributed by atoms with Gasteiger partial charge in [-0.2, -0.15) is 0 Å². The van der Waals surface area contributed by atoms with E-state index < -0.39 is 22.2 Å². The third-order valence-corrected chi connectivity index (χ3v) is 16.7. The van der Waals surface area contributed by atoms with Gasteiger partial charge in [0, 0.05) is 18.5 Å². The van der Waals surface area contributed by atoms with Crippen molar-refractivity contribution in [3.8, 4) is 0 Å². The van der Waals surface area contributed by atoms with Crippen molar-refractivity contribution in [2.24, 2.45) is 56.2 Å². The van der Waals surface area contributed by atoms with Gasteiger partial charge in [0.05, 0.1) is 23.4 Å². The van der Waals surface area contributed by atoms with E-state index in [1.165, 1.54) is 5.57 Å². The van der Waals surface area contributed by atoms with E-state index in [-0.39, 0.29) is 70.3 Å². The van der Waals surface area contributed by atoms with Crippen LogP contribution in [-0.2, 0) is 35.3 Å². The topological polar surface area (TPSA) is 110 Å². The molecule has 1 heterocycles. The second kappa shape index (κ2) is 12.8. The molecule has 6 aliphatic rings. The highest BCUT2D eigenvalue weighted by Crippen LogP contribution is 2.75. The standard InChI is InChI=1S/C44H61NO7/c1-8-51-36(47)29-16-23-45(26-29)34-15-17-41(4)33(44(34,7)38(50)52-27-28-12-10-9-11-13-28)14-18-43(6)35(41)32(46)24-30-31-25-40(3,37(48)49)20-19-39(31,2)21-22-42(30,43)5/h9-13,24,29,31,33-35H,8,14-23,25-27H2,1-7H3,(H,48,49)/t29?,31-,33+,34-,35+,39+,40-,41-,42+,43+,44-/m0/s1. The van der Waals surface area contributed by atoms with Crippen LogP contribution in [0.3, 0.4) is 0 Å². The third kappa shape index (κ3) is 5.38. The minimum absolute atomic E-state index is 0.0127. The van der Waals surface area contributed by atoms with Gasteiger partial charge in [-0.3, -0.25) is 24.1 Å². The van der Waals surface area contributed by atoms with E-state index in [1.807, 2.05) is 50.3 Å². The van der Waals surface area contributed by atoms with Gasteiger partial charge >= 0.3 is 17.9 Å². The molecule has 5 fully saturated rings. The van der Waals surface area contributed by atoms with Crippen LogP contribution in [0.1, 0.15) is 118 Å². The molecule has 4 saturated carbocycles. The molecule has 1 aromatic rings. The second-order valence-electron chi connectivity index (χ2n) is 19.2. The fourth-order valence-corrected chi connectivity index (χ4v) is 13.3. The predicted octanol–water partition coefficient (Wildman–Crippen LogP) is 8.03. The number of nitrogens with zero attached hydrogens (tertiary/aromatic N) is 1. The number of hydrogen-bond donors (Lipinski definition) is 1. The van der Waals surface area contributed by atoms with E-state index in [0.29, 0.717) is 32.4 Å². The number of carbonyl (C=O) groups is 4. The maximum atomic E-state index is 15.0. The summed E-state index contributed by atoms with van der Waals surface area (Å²) < 4.78 is 11.7. The molecule has 1 aromatic carbocycles. The number of likely N-dealkylation sites (tertiary alicyclic amines) is 1. The lowest BCUT2D eigenvalue weighted by molar-refractivity contribution is -0.211. The number of hydrogen-bond acceptors (Lipinski definition) is 7. The number of allylic oxidation sites excluding steroid dienone is 2. The Morgan fingerprint density at radius 3 is 2.29 bits per heavy atom. The first-order valence-corrected chi connectivity index (χ1v) is 20.1. The molecule has 11 atom stereocenters. The van der Waals surface area contributed by atoms with E-state index in [4.69, 9.17) is 9.47 Å². The molecule has 0 amide bonds. The van der Waals surface area contributed by atoms with Crippen molar-refractivity contribution < 1.29 is 33.8 Å². The molecular weight excluding hydrogens is 654 g/mol. The first-order chi connectivity index (χ1) is 24.5. The van der Waals surface area contributed by atoms with E-state index in [2.05, 4.69) is 39.5 Å². The minimum atomic E-state index is -0.893. The summed E-state index contributed by atoms with van der Waals surface area (Å²) >= 11 is 0. The summed E-state index contributed by atoms with van der Waals surface area (Å²) in [7, 11) is 0. The highest BCUT2D eigenvalue weighted by Gasteiger charge is 2.72. The largest absolute Gasteiger partial charge is 0.481 e. The Kier molecular flexibility index (Phi) is 9.19. The zero-order chi connectivity index (χ0) is 37.5. The third-order valence-electron chi connectivity index (χ3n) is 16.7. The lowest BCUT2D eigenvalue weighted by Gasteiger charge is -2.70. The van der Waals surface area contributed by atoms with Crippen LogP contribution < -0.4 is 0 Å². The van der Waals surface area contributed by atoms with Crippen LogP contribution in [0, 0.1) is 56.2 Å². The van der Waals surface area contributed by atoms with Crippen molar-refractivity contribution in [1.29, 1.82) is 0 Å². The van der Waals surface area contributed by atoms with Gasteiger partial charge in [0.2, 0.25) is 0 Å². The fraction of sp³-hybridized carbons (Fsp3) is 0.727. The Labute approximate surface area is 310 Å². The Morgan fingerprint density at radius 2 is 1.60 bits per heavy atom. The highest BCUT2D eigenvalue weighted by molar-refractivity contribution is 5.96. The second-order valence-corrected chi connectivity index (χ2v) is 19.2. The summed E-state index contributed by atoms with van der Waals surface area (Å²) in [4.78, 5) is 57.6. The van der Waals surface area contributed by atoms with Gasteiger partial charge in [-0.1, -0.05) is 63.6 Å². The lowest BCUT2D eigenvalue weighted by Crippen LogP contribution is -2.69. The molecule has 8 nitrogen and oxygen atoms in total. The van der Waals surface area contributed by atoms with E-state index in [9.17, 15) is 19.5 Å². The first kappa shape index (κ1) is 37.3. The van der Waals surface area contributed by atoms with Crippen LogP contribution in [0.4, 0.5) is 0 Å². The number of carboxylic acids is 1. The van der Waals surface area contributed by atoms with Crippen LogP contribution in [0.15, 0.2) is 42.0 Å². The molecule has 5 aliphatic carbocycles. The molecule has 1 unspecified atom stereocenters. The van der Waals surface area contributed by atoms with Gasteiger partial charge < -0.3 is 14.6 Å². The van der Waals surface area contributed by atoms with Crippen molar-refractivity contribution in [1.82, 2.24) is 4.90 Å². The molecule has 0 spiro atoms. The summed E-state index contributed by atoms with van der Waals surface area (Å²) in [5, 5.41) is 10.3. The zero-order valence-electron chi connectivity index (χ0n) is 32.6. The SMILES string of the molecule is CCOC(=O)C1CCN([C@H]2CC[C@@]3(C)[C@@H](CC[C@]4(C)[C@@H]3C(=O)C=C3[C@@H]5C[C@@](C)(C(=O)O)CC[C@]5(C)CC[C@]34C)[C@]2(C)C(=O)OCc2ccccc2)C1. The number of esters is 2. The monoisotopic (exact) mass is 715 g/mol. The number of fused-ring (bicyclic) bond motifs is 7.